The van der Waals surface area contributed by atoms with E-state index < -0.39 is 17.3 Å². The molecule has 0 saturated carbocycles. The van der Waals surface area contributed by atoms with Gasteiger partial charge in [0.05, 0.1) is 5.69 Å². The second kappa shape index (κ2) is 14.4. The smallest absolute Gasteiger partial charge is 0.420 e. The fourth-order valence-electron chi connectivity index (χ4n) is 3.88. The Balaban J connectivity index is 2.52. The Hall–Kier alpha value is -3.53. The van der Waals surface area contributed by atoms with Crippen molar-refractivity contribution in [2.75, 3.05) is 36.8 Å². The fourth-order valence-corrected chi connectivity index (χ4v) is 4.07. The molecule has 1 aromatic carbocycles. The van der Waals surface area contributed by atoms with Crippen LogP contribution in [0.4, 0.5) is 21.0 Å². The standard InChI is InChI=1S/C30H45ClN6O4/c1-9-10-11-25(31)34-26(18-21(2)35-14-16-36(17-15-35)27(38)40-29(3,4)5)37(28(39)41-30(6,7)8)23-12-13-24(33)22(19-23)20-32/h11-13,18-20,32H,9-10,14-17,33H2,1-8H3/b21-18+,25-11+,32-20?,34-26+. The zero-order valence-electron chi connectivity index (χ0n) is 25.6. The molecule has 0 unspecified atom stereocenters. The molecule has 2 rings (SSSR count). The van der Waals surface area contributed by atoms with Crippen molar-refractivity contribution in [2.24, 2.45) is 4.99 Å². The number of nitrogens with two attached hydrogens (primary N) is 1. The number of hydrogen-bond acceptors (Lipinski definition) is 8. The number of anilines is 2. The number of nitrogens with one attached hydrogen (secondary N) is 1. The number of piperazine rings is 1. The average molecular weight is 589 g/mol. The van der Waals surface area contributed by atoms with Gasteiger partial charge in [-0.05, 0) is 79.2 Å². The van der Waals surface area contributed by atoms with E-state index in [4.69, 9.17) is 32.2 Å². The van der Waals surface area contributed by atoms with Crippen LogP contribution in [0, 0.1) is 5.41 Å². The molecule has 0 spiro atoms. The highest BCUT2D eigenvalue weighted by molar-refractivity contribution is 6.31. The second-order valence-corrected chi connectivity index (χ2v) is 12.2. The van der Waals surface area contributed by atoms with Gasteiger partial charge in [-0.15, -0.1) is 0 Å². The summed E-state index contributed by atoms with van der Waals surface area (Å²) in [7, 11) is 0. The van der Waals surface area contributed by atoms with Gasteiger partial charge in [0.2, 0.25) is 0 Å². The van der Waals surface area contributed by atoms with Gasteiger partial charge in [0.25, 0.3) is 0 Å². The van der Waals surface area contributed by atoms with Gasteiger partial charge in [-0.3, -0.25) is 0 Å². The number of amides is 2. The lowest BCUT2D eigenvalue weighted by Crippen LogP contribution is -2.49. The van der Waals surface area contributed by atoms with Crippen molar-refractivity contribution >= 4 is 47.2 Å². The predicted octanol–water partition coefficient (Wildman–Crippen LogP) is 6.74. The molecule has 41 heavy (non-hydrogen) atoms. The summed E-state index contributed by atoms with van der Waals surface area (Å²) in [6.45, 7) is 16.9. The van der Waals surface area contributed by atoms with Crippen molar-refractivity contribution < 1.29 is 19.1 Å². The molecule has 226 valence electrons. The number of amidine groups is 1. The molecule has 1 aliphatic heterocycles. The highest BCUT2D eigenvalue weighted by atomic mass is 35.5. The topological polar surface area (TPSA) is 125 Å². The number of hydrogen-bond donors (Lipinski definition) is 2. The first-order chi connectivity index (χ1) is 19.0. The molecule has 1 saturated heterocycles. The number of allylic oxidation sites excluding steroid dienone is 2. The maximum Gasteiger partial charge on any atom is 0.420 e. The molecule has 1 fully saturated rings. The van der Waals surface area contributed by atoms with Gasteiger partial charge in [-0.1, -0.05) is 24.9 Å². The van der Waals surface area contributed by atoms with Crippen molar-refractivity contribution in [1.29, 1.82) is 5.41 Å². The molecular weight excluding hydrogens is 544 g/mol. The molecule has 10 nitrogen and oxygen atoms in total. The van der Waals surface area contributed by atoms with E-state index in [-0.39, 0.29) is 17.1 Å². The first-order valence-electron chi connectivity index (χ1n) is 13.8. The van der Waals surface area contributed by atoms with Crippen molar-refractivity contribution in [3.8, 4) is 0 Å². The first kappa shape index (κ1) is 33.7. The first-order valence-corrected chi connectivity index (χ1v) is 14.2. The van der Waals surface area contributed by atoms with Crippen molar-refractivity contribution in [2.45, 2.75) is 79.4 Å². The average Bonchev–Trinajstić information content (AvgIpc) is 2.86. The van der Waals surface area contributed by atoms with Gasteiger partial charge in [-0.2, -0.15) is 0 Å². The normalized spacial score (nSPS) is 15.5. The van der Waals surface area contributed by atoms with Crippen LogP contribution >= 0.6 is 11.6 Å². The molecule has 0 radical (unpaired) electrons. The van der Waals surface area contributed by atoms with Crippen LogP contribution < -0.4 is 10.6 Å². The number of aliphatic imine (C=N–C) groups is 1. The van der Waals surface area contributed by atoms with Crippen LogP contribution in [0.3, 0.4) is 0 Å². The quantitative estimate of drug-likeness (QED) is 0.157. The third-order valence-corrected chi connectivity index (χ3v) is 6.12. The van der Waals surface area contributed by atoms with Gasteiger partial charge in [0, 0.05) is 55.4 Å². The van der Waals surface area contributed by atoms with Crippen LogP contribution in [-0.2, 0) is 9.47 Å². The minimum absolute atomic E-state index is 0.233. The van der Waals surface area contributed by atoms with Gasteiger partial charge in [-0.25, -0.2) is 19.5 Å². The zero-order valence-corrected chi connectivity index (χ0v) is 26.3. The van der Waals surface area contributed by atoms with E-state index in [1.54, 1.807) is 56.0 Å². The molecule has 0 bridgehead atoms. The second-order valence-electron chi connectivity index (χ2n) is 11.8. The number of carbonyl (C=O) groups is 2. The number of halogens is 1. The minimum atomic E-state index is -0.781. The summed E-state index contributed by atoms with van der Waals surface area (Å²) in [6, 6.07) is 4.94. The van der Waals surface area contributed by atoms with Gasteiger partial charge in [0.1, 0.15) is 22.2 Å². The molecular formula is C30H45ClN6O4. The number of unbranched alkanes of at least 4 members (excludes halogenated alkanes) is 1. The summed E-state index contributed by atoms with van der Waals surface area (Å²) in [4.78, 5) is 35.9. The predicted molar refractivity (Wildman–Crippen MR) is 167 cm³/mol. The number of benzene rings is 1. The summed E-state index contributed by atoms with van der Waals surface area (Å²) < 4.78 is 11.3. The van der Waals surface area contributed by atoms with Crippen LogP contribution in [-0.4, -0.2) is 71.4 Å². The Morgan fingerprint density at radius 3 is 2.20 bits per heavy atom. The summed E-state index contributed by atoms with van der Waals surface area (Å²) in [5.41, 5.74) is 6.78. The van der Waals surface area contributed by atoms with Crippen LogP contribution in [0.15, 0.2) is 46.2 Å². The van der Waals surface area contributed by atoms with E-state index >= 15 is 0 Å². The van der Waals surface area contributed by atoms with Crippen LogP contribution in [0.25, 0.3) is 0 Å². The number of ether oxygens (including phenoxy) is 2. The lowest BCUT2D eigenvalue weighted by atomic mass is 10.1. The maximum atomic E-state index is 13.6. The lowest BCUT2D eigenvalue weighted by Gasteiger charge is -2.37. The molecule has 0 aromatic heterocycles. The van der Waals surface area contributed by atoms with E-state index in [1.165, 1.54) is 4.90 Å². The number of rotatable bonds is 7. The summed E-state index contributed by atoms with van der Waals surface area (Å²) in [5.74, 6) is 0.240. The summed E-state index contributed by atoms with van der Waals surface area (Å²) in [6.07, 6.45) is 5.30. The number of nitrogens with zero attached hydrogens (tertiary/aromatic N) is 4. The van der Waals surface area contributed by atoms with Gasteiger partial charge < -0.3 is 30.4 Å². The Morgan fingerprint density at radius 1 is 1.07 bits per heavy atom. The third-order valence-electron chi connectivity index (χ3n) is 5.88. The maximum absolute atomic E-state index is 13.6. The molecule has 1 heterocycles. The Morgan fingerprint density at radius 2 is 1.66 bits per heavy atom. The van der Waals surface area contributed by atoms with Crippen molar-refractivity contribution in [3.05, 3.63) is 46.8 Å². The molecule has 0 aliphatic carbocycles. The SMILES string of the molecule is CCC/C=C(Cl)/N=C(\C=C(/C)N1CCN(C(=O)OC(C)(C)C)CC1)N(C(=O)OC(C)(C)C)c1ccc(N)c(C=N)c1. The third kappa shape index (κ3) is 10.8. The summed E-state index contributed by atoms with van der Waals surface area (Å²) >= 11 is 6.52. The van der Waals surface area contributed by atoms with E-state index in [9.17, 15) is 9.59 Å². The van der Waals surface area contributed by atoms with Gasteiger partial charge in [0.15, 0.2) is 0 Å². The monoisotopic (exact) mass is 588 g/mol. The van der Waals surface area contributed by atoms with Crippen LogP contribution in [0.1, 0.15) is 73.8 Å². The van der Waals surface area contributed by atoms with E-state index in [2.05, 4.69) is 9.89 Å². The highest BCUT2D eigenvalue weighted by Gasteiger charge is 2.29. The largest absolute Gasteiger partial charge is 0.444 e. The summed E-state index contributed by atoms with van der Waals surface area (Å²) in [5, 5.41) is 7.99. The minimum Gasteiger partial charge on any atom is -0.444 e. The highest BCUT2D eigenvalue weighted by Crippen LogP contribution is 2.25. The molecule has 2 amide bonds. The Labute approximate surface area is 249 Å². The van der Waals surface area contributed by atoms with Crippen LogP contribution in [0.2, 0.25) is 0 Å². The molecule has 3 N–H and O–H groups in total. The number of nitrogen functional groups attached to an aromatic ring is 1. The van der Waals surface area contributed by atoms with E-state index in [1.807, 2.05) is 34.6 Å². The van der Waals surface area contributed by atoms with Gasteiger partial charge >= 0.3 is 12.2 Å². The Bertz CT molecular complexity index is 1190. The Kier molecular flexibility index (Phi) is 11.8. The van der Waals surface area contributed by atoms with E-state index in [0.717, 1.165) is 24.8 Å². The molecule has 1 aromatic rings. The fraction of sp³-hybridized carbons (Fsp3) is 0.533. The molecule has 1 aliphatic rings. The zero-order chi connectivity index (χ0) is 31.0. The van der Waals surface area contributed by atoms with E-state index in [0.29, 0.717) is 43.1 Å². The van der Waals surface area contributed by atoms with Crippen molar-refractivity contribution in [3.63, 3.8) is 0 Å². The lowest BCUT2D eigenvalue weighted by molar-refractivity contribution is 0.0168. The molecule has 0 atom stereocenters. The molecule has 11 heteroatoms. The van der Waals surface area contributed by atoms with Crippen LogP contribution in [0.5, 0.6) is 0 Å². The number of carbonyl (C=O) groups excluding carboxylic acids is 2. The van der Waals surface area contributed by atoms with Crippen molar-refractivity contribution in [1.82, 2.24) is 9.80 Å².